The number of Topliss-reactive ketones (excluding diaryl/α,β-unsaturated/α-hetero) is 1. The van der Waals surface area contributed by atoms with E-state index in [4.69, 9.17) is 9.97 Å². The van der Waals surface area contributed by atoms with Crippen molar-refractivity contribution < 1.29 is 4.79 Å². The minimum Gasteiger partial charge on any atom is -0.323 e. The molecule has 2 aliphatic rings. The van der Waals surface area contributed by atoms with E-state index in [1.807, 2.05) is 25.1 Å². The number of benzene rings is 1. The van der Waals surface area contributed by atoms with Gasteiger partial charge in [0.05, 0.1) is 5.69 Å². The molecule has 5 rings (SSSR count). The van der Waals surface area contributed by atoms with E-state index in [1.165, 1.54) is 5.56 Å². The first-order chi connectivity index (χ1) is 14.1. The lowest BCUT2D eigenvalue weighted by Gasteiger charge is -2.10. The fourth-order valence-electron chi connectivity index (χ4n) is 3.69. The standard InChI is InChI=1S/C22H23N5OS/c1-13-11-20(27-26-13)24-21-17-3-2-4-18(17)23-22(25-21)29-16-9-5-14(6-10-16)12-19(28)15-7-8-15/h5-6,9-11,15H,2-4,7-8,12H2,1H3,(H2,23,24,25,26,27). The number of hydrogen-bond acceptors (Lipinski definition) is 6. The van der Waals surface area contributed by atoms with E-state index in [9.17, 15) is 4.79 Å². The van der Waals surface area contributed by atoms with Crippen molar-refractivity contribution in [2.45, 2.75) is 55.5 Å². The molecule has 7 heteroatoms. The minimum absolute atomic E-state index is 0.313. The highest BCUT2D eigenvalue weighted by molar-refractivity contribution is 7.99. The van der Waals surface area contributed by atoms with Crippen molar-refractivity contribution >= 4 is 29.2 Å². The number of carbonyl (C=O) groups excluding carboxylic acids is 1. The Morgan fingerprint density at radius 1 is 1.21 bits per heavy atom. The first-order valence-corrected chi connectivity index (χ1v) is 10.9. The SMILES string of the molecule is Cc1cc(Nc2nc(Sc3ccc(CC(=O)C4CC4)cc3)nc3c2CCC3)n[nH]1. The van der Waals surface area contributed by atoms with Crippen molar-refractivity contribution in [3.05, 3.63) is 52.8 Å². The van der Waals surface area contributed by atoms with Gasteiger partial charge in [0.2, 0.25) is 0 Å². The minimum atomic E-state index is 0.313. The highest BCUT2D eigenvalue weighted by Crippen LogP contribution is 2.34. The van der Waals surface area contributed by atoms with E-state index in [0.717, 1.165) is 70.7 Å². The van der Waals surface area contributed by atoms with Gasteiger partial charge in [0.15, 0.2) is 11.0 Å². The Kier molecular flexibility index (Phi) is 4.83. The molecule has 29 heavy (non-hydrogen) atoms. The molecule has 148 valence electrons. The Bertz CT molecular complexity index is 1060. The molecule has 0 amide bonds. The largest absolute Gasteiger partial charge is 0.323 e. The Labute approximate surface area is 173 Å². The number of ketones is 1. The summed E-state index contributed by atoms with van der Waals surface area (Å²) >= 11 is 1.55. The third-order valence-corrected chi connectivity index (χ3v) is 6.28. The van der Waals surface area contributed by atoms with Crippen molar-refractivity contribution in [3.8, 4) is 0 Å². The number of anilines is 2. The van der Waals surface area contributed by atoms with Crippen molar-refractivity contribution in [1.29, 1.82) is 0 Å². The second kappa shape index (κ2) is 7.63. The number of H-pyrrole nitrogens is 1. The van der Waals surface area contributed by atoms with Gasteiger partial charge in [0.1, 0.15) is 11.6 Å². The van der Waals surface area contributed by atoms with Crippen LogP contribution in [0.25, 0.3) is 0 Å². The Balaban J connectivity index is 1.34. The molecule has 3 aromatic rings. The molecule has 0 radical (unpaired) electrons. The van der Waals surface area contributed by atoms with E-state index in [0.29, 0.717) is 18.1 Å². The number of fused-ring (bicyclic) bond motifs is 1. The first kappa shape index (κ1) is 18.4. The third kappa shape index (κ3) is 4.19. The van der Waals surface area contributed by atoms with Gasteiger partial charge in [-0.05, 0) is 68.5 Å². The van der Waals surface area contributed by atoms with Gasteiger partial charge < -0.3 is 5.32 Å². The van der Waals surface area contributed by atoms with Crippen LogP contribution in [0.1, 0.15) is 41.8 Å². The van der Waals surface area contributed by atoms with Crippen LogP contribution in [-0.4, -0.2) is 25.9 Å². The van der Waals surface area contributed by atoms with Crippen LogP contribution in [0.4, 0.5) is 11.6 Å². The van der Waals surface area contributed by atoms with Gasteiger partial charge in [0, 0.05) is 34.6 Å². The molecule has 2 N–H and O–H groups in total. The average molecular weight is 406 g/mol. The predicted octanol–water partition coefficient (Wildman–Crippen LogP) is 4.41. The molecule has 0 atom stereocenters. The maximum Gasteiger partial charge on any atom is 0.194 e. The zero-order chi connectivity index (χ0) is 19.8. The van der Waals surface area contributed by atoms with Gasteiger partial charge >= 0.3 is 0 Å². The second-order valence-corrected chi connectivity index (χ2v) is 8.90. The summed E-state index contributed by atoms with van der Waals surface area (Å²) in [6.07, 6.45) is 5.77. The number of hydrogen-bond donors (Lipinski definition) is 2. The molecule has 1 saturated carbocycles. The van der Waals surface area contributed by atoms with Crippen LogP contribution in [0.2, 0.25) is 0 Å². The lowest BCUT2D eigenvalue weighted by molar-refractivity contribution is -0.119. The van der Waals surface area contributed by atoms with Crippen molar-refractivity contribution in [1.82, 2.24) is 20.2 Å². The van der Waals surface area contributed by atoms with Crippen LogP contribution < -0.4 is 5.32 Å². The summed E-state index contributed by atoms with van der Waals surface area (Å²) in [5.74, 6) is 2.31. The van der Waals surface area contributed by atoms with E-state index in [1.54, 1.807) is 11.8 Å². The lowest BCUT2D eigenvalue weighted by atomic mass is 10.1. The Hall–Kier alpha value is -2.67. The molecule has 1 aromatic carbocycles. The summed E-state index contributed by atoms with van der Waals surface area (Å²) in [4.78, 5) is 22.7. The molecule has 2 aliphatic carbocycles. The van der Waals surface area contributed by atoms with E-state index < -0.39 is 0 Å². The Morgan fingerprint density at radius 3 is 2.76 bits per heavy atom. The zero-order valence-corrected chi connectivity index (χ0v) is 17.2. The summed E-state index contributed by atoms with van der Waals surface area (Å²) in [6.45, 7) is 1.98. The monoisotopic (exact) mass is 405 g/mol. The van der Waals surface area contributed by atoms with Gasteiger partial charge in [-0.25, -0.2) is 9.97 Å². The molecule has 1 fully saturated rings. The number of aromatic nitrogens is 4. The van der Waals surface area contributed by atoms with Crippen molar-refractivity contribution in [2.75, 3.05) is 5.32 Å². The molecule has 0 saturated heterocycles. The molecule has 0 bridgehead atoms. The van der Waals surface area contributed by atoms with Gasteiger partial charge in [0.25, 0.3) is 0 Å². The predicted molar refractivity (Wildman–Crippen MR) is 113 cm³/mol. The molecular formula is C22H23N5OS. The quantitative estimate of drug-likeness (QED) is 0.567. The van der Waals surface area contributed by atoms with E-state index in [-0.39, 0.29) is 0 Å². The van der Waals surface area contributed by atoms with E-state index >= 15 is 0 Å². The van der Waals surface area contributed by atoms with Gasteiger partial charge in [-0.3, -0.25) is 9.89 Å². The molecule has 0 unspecified atom stereocenters. The van der Waals surface area contributed by atoms with Crippen LogP contribution in [0.15, 0.2) is 40.4 Å². The number of rotatable bonds is 7. The summed E-state index contributed by atoms with van der Waals surface area (Å²) in [5, 5.41) is 11.3. The van der Waals surface area contributed by atoms with Crippen LogP contribution in [0.5, 0.6) is 0 Å². The van der Waals surface area contributed by atoms with Gasteiger partial charge in [-0.1, -0.05) is 12.1 Å². The zero-order valence-electron chi connectivity index (χ0n) is 16.4. The normalized spacial score (nSPS) is 15.3. The number of nitrogens with zero attached hydrogens (tertiary/aromatic N) is 3. The maximum atomic E-state index is 12.0. The topological polar surface area (TPSA) is 83.6 Å². The number of nitrogens with one attached hydrogen (secondary N) is 2. The van der Waals surface area contributed by atoms with Crippen LogP contribution in [-0.2, 0) is 24.1 Å². The van der Waals surface area contributed by atoms with Crippen molar-refractivity contribution in [3.63, 3.8) is 0 Å². The summed E-state index contributed by atoms with van der Waals surface area (Å²) in [7, 11) is 0. The summed E-state index contributed by atoms with van der Waals surface area (Å²) < 4.78 is 0. The van der Waals surface area contributed by atoms with Crippen LogP contribution in [0.3, 0.4) is 0 Å². The highest BCUT2D eigenvalue weighted by Gasteiger charge is 2.29. The average Bonchev–Trinajstić information content (AvgIpc) is 3.32. The first-order valence-electron chi connectivity index (χ1n) is 10.1. The third-order valence-electron chi connectivity index (χ3n) is 5.41. The smallest absolute Gasteiger partial charge is 0.194 e. The molecule has 0 aliphatic heterocycles. The van der Waals surface area contributed by atoms with E-state index in [2.05, 4.69) is 27.6 Å². The highest BCUT2D eigenvalue weighted by atomic mass is 32.2. The van der Waals surface area contributed by atoms with Gasteiger partial charge in [-0.2, -0.15) is 5.10 Å². The van der Waals surface area contributed by atoms with Crippen LogP contribution >= 0.6 is 11.8 Å². The number of aryl methyl sites for hydroxylation is 2. The maximum absolute atomic E-state index is 12.0. The fraction of sp³-hybridized carbons (Fsp3) is 0.364. The number of carbonyl (C=O) groups is 1. The molecule has 6 nitrogen and oxygen atoms in total. The molecule has 2 aromatic heterocycles. The Morgan fingerprint density at radius 2 is 2.03 bits per heavy atom. The van der Waals surface area contributed by atoms with Crippen molar-refractivity contribution in [2.24, 2.45) is 5.92 Å². The summed E-state index contributed by atoms with van der Waals surface area (Å²) in [5.41, 5.74) is 4.42. The van der Waals surface area contributed by atoms with Gasteiger partial charge in [-0.15, -0.1) is 0 Å². The van der Waals surface area contributed by atoms with Crippen LogP contribution in [0, 0.1) is 12.8 Å². The number of aromatic amines is 1. The molecular weight excluding hydrogens is 382 g/mol. The summed E-state index contributed by atoms with van der Waals surface area (Å²) in [6, 6.07) is 10.2. The molecule has 0 spiro atoms. The molecule has 2 heterocycles. The second-order valence-electron chi connectivity index (χ2n) is 7.86. The fourth-order valence-corrected chi connectivity index (χ4v) is 4.47. The lowest BCUT2D eigenvalue weighted by Crippen LogP contribution is -2.04.